The van der Waals surface area contributed by atoms with Gasteiger partial charge in [0.05, 0.1) is 19.9 Å². The third-order valence-corrected chi connectivity index (χ3v) is 3.68. The van der Waals surface area contributed by atoms with Crippen molar-refractivity contribution in [2.24, 2.45) is 0 Å². The maximum atomic E-state index is 5.85. The molecule has 0 aromatic heterocycles. The summed E-state index contributed by atoms with van der Waals surface area (Å²) in [6.45, 7) is 1.72. The molecule has 1 aliphatic rings. The number of hydrogen-bond donors (Lipinski definition) is 1. The lowest BCUT2D eigenvalue weighted by Gasteiger charge is -2.21. The highest BCUT2D eigenvalue weighted by Crippen LogP contribution is 2.37. The average molecular weight is 270 g/mol. The normalized spacial score (nSPS) is 13.2. The quantitative estimate of drug-likeness (QED) is 0.871. The predicted octanol–water partition coefficient (Wildman–Crippen LogP) is 2.81. The first kappa shape index (κ1) is 12.7. The van der Waals surface area contributed by atoms with Crippen molar-refractivity contribution in [1.29, 1.82) is 0 Å². The zero-order chi connectivity index (χ0) is 14.1. The van der Waals surface area contributed by atoms with Crippen LogP contribution in [0.4, 0.5) is 11.4 Å². The van der Waals surface area contributed by atoms with Crippen molar-refractivity contribution in [2.75, 3.05) is 24.9 Å². The van der Waals surface area contributed by atoms with Gasteiger partial charge in [-0.05, 0) is 35.4 Å². The minimum Gasteiger partial charge on any atom is -0.497 e. The van der Waals surface area contributed by atoms with E-state index in [2.05, 4.69) is 11.0 Å². The molecule has 20 heavy (non-hydrogen) atoms. The molecule has 4 heteroatoms. The summed E-state index contributed by atoms with van der Waals surface area (Å²) in [5.41, 5.74) is 10.3. The lowest BCUT2D eigenvalue weighted by atomic mass is 10.1. The summed E-state index contributed by atoms with van der Waals surface area (Å²) in [5.74, 6) is 1.62. The van der Waals surface area contributed by atoms with Crippen LogP contribution in [0.15, 0.2) is 36.4 Å². The molecular weight excluding hydrogens is 252 g/mol. The van der Waals surface area contributed by atoms with E-state index in [9.17, 15) is 0 Å². The van der Waals surface area contributed by atoms with Crippen molar-refractivity contribution in [3.8, 4) is 11.5 Å². The second-order valence-electron chi connectivity index (χ2n) is 4.92. The summed E-state index contributed by atoms with van der Waals surface area (Å²) in [6.07, 6.45) is 0. The van der Waals surface area contributed by atoms with E-state index in [0.717, 1.165) is 36.0 Å². The number of nitrogens with two attached hydrogens (primary N) is 1. The molecule has 0 aliphatic carbocycles. The summed E-state index contributed by atoms with van der Waals surface area (Å²) in [6, 6.07) is 12.0. The Morgan fingerprint density at radius 3 is 2.50 bits per heavy atom. The van der Waals surface area contributed by atoms with Crippen LogP contribution in [0.2, 0.25) is 0 Å². The van der Waals surface area contributed by atoms with Gasteiger partial charge in [-0.2, -0.15) is 0 Å². The first-order chi connectivity index (χ1) is 9.71. The maximum absolute atomic E-state index is 5.85. The van der Waals surface area contributed by atoms with Gasteiger partial charge in [-0.25, -0.2) is 0 Å². The number of fused-ring (bicyclic) bond motifs is 1. The van der Waals surface area contributed by atoms with Crippen LogP contribution in [0.3, 0.4) is 0 Å². The molecule has 0 atom stereocenters. The van der Waals surface area contributed by atoms with Gasteiger partial charge in [-0.3, -0.25) is 0 Å². The monoisotopic (exact) mass is 270 g/mol. The Kier molecular flexibility index (Phi) is 3.14. The smallest absolute Gasteiger partial charge is 0.145 e. The molecule has 0 spiro atoms. The third kappa shape index (κ3) is 2.13. The first-order valence-corrected chi connectivity index (χ1v) is 6.55. The second kappa shape index (κ2) is 4.96. The van der Waals surface area contributed by atoms with Crippen LogP contribution in [-0.4, -0.2) is 14.2 Å². The summed E-state index contributed by atoms with van der Waals surface area (Å²) in [5, 5.41) is 0. The van der Waals surface area contributed by atoms with Crippen molar-refractivity contribution in [2.45, 2.75) is 13.1 Å². The van der Waals surface area contributed by atoms with Crippen LogP contribution in [-0.2, 0) is 13.1 Å². The Morgan fingerprint density at radius 1 is 0.950 bits per heavy atom. The van der Waals surface area contributed by atoms with Gasteiger partial charge in [0.2, 0.25) is 0 Å². The highest BCUT2D eigenvalue weighted by molar-refractivity contribution is 5.64. The van der Waals surface area contributed by atoms with Crippen LogP contribution >= 0.6 is 0 Å². The molecule has 3 rings (SSSR count). The Hall–Kier alpha value is -2.36. The van der Waals surface area contributed by atoms with Crippen molar-refractivity contribution in [3.05, 3.63) is 47.5 Å². The lowest BCUT2D eigenvalue weighted by Crippen LogP contribution is -2.15. The van der Waals surface area contributed by atoms with E-state index < -0.39 is 0 Å². The average Bonchev–Trinajstić information content (AvgIpc) is 2.89. The van der Waals surface area contributed by atoms with Crippen molar-refractivity contribution in [1.82, 2.24) is 0 Å². The van der Waals surface area contributed by atoms with E-state index in [-0.39, 0.29) is 0 Å². The van der Waals surface area contributed by atoms with Gasteiger partial charge >= 0.3 is 0 Å². The zero-order valence-corrected chi connectivity index (χ0v) is 11.7. The van der Waals surface area contributed by atoms with E-state index in [1.54, 1.807) is 14.2 Å². The summed E-state index contributed by atoms with van der Waals surface area (Å²) in [4.78, 5) is 2.28. The SMILES string of the molecule is COc1ccc(N2Cc3ccc(N)cc3C2)c(OC)c1. The van der Waals surface area contributed by atoms with E-state index in [1.165, 1.54) is 11.1 Å². The van der Waals surface area contributed by atoms with E-state index in [0.29, 0.717) is 0 Å². The van der Waals surface area contributed by atoms with Gasteiger partial charge in [0.25, 0.3) is 0 Å². The van der Waals surface area contributed by atoms with Crippen LogP contribution < -0.4 is 20.1 Å². The second-order valence-corrected chi connectivity index (χ2v) is 4.92. The largest absolute Gasteiger partial charge is 0.497 e. The summed E-state index contributed by atoms with van der Waals surface area (Å²) in [7, 11) is 3.34. The molecule has 1 heterocycles. The van der Waals surface area contributed by atoms with Gasteiger partial charge in [-0.1, -0.05) is 6.07 Å². The molecule has 0 bridgehead atoms. The Bertz CT molecular complexity index is 640. The molecule has 1 aliphatic heterocycles. The van der Waals surface area contributed by atoms with Crippen LogP contribution in [0, 0.1) is 0 Å². The predicted molar refractivity (Wildman–Crippen MR) is 80.3 cm³/mol. The molecule has 0 radical (unpaired) electrons. The molecule has 0 amide bonds. The molecule has 2 N–H and O–H groups in total. The maximum Gasteiger partial charge on any atom is 0.145 e. The Labute approximate surface area is 118 Å². The minimum absolute atomic E-state index is 0.798. The number of ether oxygens (including phenoxy) is 2. The van der Waals surface area contributed by atoms with Gasteiger partial charge in [0, 0.05) is 24.8 Å². The standard InChI is InChI=1S/C16H18N2O2/c1-19-14-5-6-15(16(8-14)20-2)18-9-11-3-4-13(17)7-12(11)10-18/h3-8H,9-10,17H2,1-2H3. The number of nitrogen functional groups attached to an aromatic ring is 1. The summed E-state index contributed by atoms with van der Waals surface area (Å²) >= 11 is 0. The van der Waals surface area contributed by atoms with Crippen LogP contribution in [0.1, 0.15) is 11.1 Å². The number of methoxy groups -OCH3 is 2. The van der Waals surface area contributed by atoms with Gasteiger partial charge < -0.3 is 20.1 Å². The highest BCUT2D eigenvalue weighted by Gasteiger charge is 2.22. The van der Waals surface area contributed by atoms with Crippen LogP contribution in [0.5, 0.6) is 11.5 Å². The van der Waals surface area contributed by atoms with E-state index in [1.807, 2.05) is 30.3 Å². The van der Waals surface area contributed by atoms with Crippen molar-refractivity contribution >= 4 is 11.4 Å². The van der Waals surface area contributed by atoms with E-state index >= 15 is 0 Å². The lowest BCUT2D eigenvalue weighted by molar-refractivity contribution is 0.394. The van der Waals surface area contributed by atoms with E-state index in [4.69, 9.17) is 15.2 Å². The Morgan fingerprint density at radius 2 is 1.75 bits per heavy atom. The molecule has 104 valence electrons. The fourth-order valence-electron chi connectivity index (χ4n) is 2.63. The number of nitrogens with zero attached hydrogens (tertiary/aromatic N) is 1. The third-order valence-electron chi connectivity index (χ3n) is 3.68. The molecule has 0 saturated carbocycles. The molecule has 2 aromatic carbocycles. The highest BCUT2D eigenvalue weighted by atomic mass is 16.5. The van der Waals surface area contributed by atoms with Gasteiger partial charge in [0.1, 0.15) is 11.5 Å². The fraction of sp³-hybridized carbons (Fsp3) is 0.250. The Balaban J connectivity index is 1.92. The number of rotatable bonds is 3. The van der Waals surface area contributed by atoms with Gasteiger partial charge in [-0.15, -0.1) is 0 Å². The number of hydrogen-bond acceptors (Lipinski definition) is 4. The number of benzene rings is 2. The molecular formula is C16H18N2O2. The molecule has 0 saturated heterocycles. The fourth-order valence-corrected chi connectivity index (χ4v) is 2.63. The molecule has 4 nitrogen and oxygen atoms in total. The van der Waals surface area contributed by atoms with Gasteiger partial charge in [0.15, 0.2) is 0 Å². The zero-order valence-electron chi connectivity index (χ0n) is 11.7. The van der Waals surface area contributed by atoms with Crippen LogP contribution in [0.25, 0.3) is 0 Å². The van der Waals surface area contributed by atoms with Crippen molar-refractivity contribution in [3.63, 3.8) is 0 Å². The topological polar surface area (TPSA) is 47.7 Å². The summed E-state index contributed by atoms with van der Waals surface area (Å²) < 4.78 is 10.7. The molecule has 0 fully saturated rings. The molecule has 2 aromatic rings. The number of anilines is 2. The van der Waals surface area contributed by atoms with Crippen molar-refractivity contribution < 1.29 is 9.47 Å². The first-order valence-electron chi connectivity index (χ1n) is 6.55. The minimum atomic E-state index is 0.798. The molecule has 0 unspecified atom stereocenters.